The Bertz CT molecular complexity index is 639. The molecule has 0 N–H and O–H groups in total. The summed E-state index contributed by atoms with van der Waals surface area (Å²) in [4.78, 5) is 4.78. The summed E-state index contributed by atoms with van der Waals surface area (Å²) in [5.41, 5.74) is 2.21. The number of aryl methyl sites for hydroxylation is 2. The van der Waals surface area contributed by atoms with Crippen LogP contribution in [-0.4, -0.2) is 38.3 Å². The van der Waals surface area contributed by atoms with E-state index in [-0.39, 0.29) is 0 Å². The molecule has 126 valence electrons. The van der Waals surface area contributed by atoms with Crippen LogP contribution in [0, 0.1) is 13.8 Å². The molecular weight excluding hydrogens is 290 g/mol. The summed E-state index contributed by atoms with van der Waals surface area (Å²) in [5.74, 6) is 1.91. The fourth-order valence-electron chi connectivity index (χ4n) is 3.40. The number of ether oxygens (including phenoxy) is 1. The largest absolute Gasteiger partial charge is 0.384 e. The van der Waals surface area contributed by atoms with Gasteiger partial charge in [-0.25, -0.2) is 9.67 Å². The standard InChI is InChI=1S/C17H27N5O/c1-13-11-14(2)21(19-13)12-17-18-16(9-10-23-3)20-22(17)15-7-5-4-6-8-15/h11,15H,4-10,12H2,1-3H3. The first kappa shape index (κ1) is 16.2. The van der Waals surface area contributed by atoms with E-state index in [2.05, 4.69) is 22.8 Å². The maximum absolute atomic E-state index is 5.17. The second-order valence-electron chi connectivity index (χ2n) is 6.51. The zero-order chi connectivity index (χ0) is 16.2. The van der Waals surface area contributed by atoms with Crippen LogP contribution in [0.2, 0.25) is 0 Å². The van der Waals surface area contributed by atoms with Crippen molar-refractivity contribution in [1.82, 2.24) is 24.5 Å². The maximum Gasteiger partial charge on any atom is 0.153 e. The molecule has 1 saturated carbocycles. The molecule has 6 heteroatoms. The average Bonchev–Trinajstić information content (AvgIpc) is 3.09. The van der Waals surface area contributed by atoms with Crippen LogP contribution in [0.5, 0.6) is 0 Å². The maximum atomic E-state index is 5.17. The molecule has 0 aromatic carbocycles. The van der Waals surface area contributed by atoms with E-state index in [0.29, 0.717) is 19.2 Å². The molecule has 0 bridgehead atoms. The van der Waals surface area contributed by atoms with Gasteiger partial charge in [0, 0.05) is 19.2 Å². The van der Waals surface area contributed by atoms with Crippen LogP contribution < -0.4 is 0 Å². The minimum absolute atomic E-state index is 0.486. The molecule has 0 amide bonds. The highest BCUT2D eigenvalue weighted by Gasteiger charge is 2.21. The molecule has 2 aromatic heterocycles. The Morgan fingerprint density at radius 1 is 1.17 bits per heavy atom. The molecule has 0 unspecified atom stereocenters. The average molecular weight is 317 g/mol. The van der Waals surface area contributed by atoms with Crippen molar-refractivity contribution in [3.05, 3.63) is 29.1 Å². The van der Waals surface area contributed by atoms with Crippen LogP contribution in [0.4, 0.5) is 0 Å². The van der Waals surface area contributed by atoms with Gasteiger partial charge in [0.25, 0.3) is 0 Å². The van der Waals surface area contributed by atoms with Gasteiger partial charge in [-0.1, -0.05) is 19.3 Å². The van der Waals surface area contributed by atoms with E-state index in [1.807, 2.05) is 11.6 Å². The third-order valence-electron chi connectivity index (χ3n) is 4.59. The van der Waals surface area contributed by atoms with Crippen LogP contribution >= 0.6 is 0 Å². The predicted molar refractivity (Wildman–Crippen MR) is 88.5 cm³/mol. The van der Waals surface area contributed by atoms with Gasteiger partial charge in [0.15, 0.2) is 5.82 Å². The molecule has 1 fully saturated rings. The van der Waals surface area contributed by atoms with Gasteiger partial charge in [-0.2, -0.15) is 10.2 Å². The summed E-state index contributed by atoms with van der Waals surface area (Å²) in [6.07, 6.45) is 7.10. The van der Waals surface area contributed by atoms with E-state index >= 15 is 0 Å². The zero-order valence-corrected chi connectivity index (χ0v) is 14.5. The first-order valence-electron chi connectivity index (χ1n) is 8.61. The molecular formula is C17H27N5O. The quantitative estimate of drug-likeness (QED) is 0.822. The topological polar surface area (TPSA) is 57.8 Å². The molecule has 6 nitrogen and oxygen atoms in total. The van der Waals surface area contributed by atoms with Gasteiger partial charge in [-0.05, 0) is 32.8 Å². The number of methoxy groups -OCH3 is 1. The van der Waals surface area contributed by atoms with Crippen LogP contribution in [0.1, 0.15) is 61.2 Å². The van der Waals surface area contributed by atoms with Crippen molar-refractivity contribution in [1.29, 1.82) is 0 Å². The van der Waals surface area contributed by atoms with Crippen molar-refractivity contribution in [2.45, 2.75) is 65.0 Å². The van der Waals surface area contributed by atoms with E-state index in [1.165, 1.54) is 37.8 Å². The van der Waals surface area contributed by atoms with Crippen molar-refractivity contribution in [3.63, 3.8) is 0 Å². The van der Waals surface area contributed by atoms with E-state index in [9.17, 15) is 0 Å². The summed E-state index contributed by atoms with van der Waals surface area (Å²) in [6.45, 7) is 5.47. The van der Waals surface area contributed by atoms with Gasteiger partial charge in [-0.15, -0.1) is 0 Å². The molecule has 0 atom stereocenters. The first-order valence-corrected chi connectivity index (χ1v) is 8.61. The minimum Gasteiger partial charge on any atom is -0.384 e. The van der Waals surface area contributed by atoms with Gasteiger partial charge >= 0.3 is 0 Å². The Kier molecular flexibility index (Phi) is 5.10. The molecule has 1 aliphatic rings. The van der Waals surface area contributed by atoms with Crippen LogP contribution in [0.3, 0.4) is 0 Å². The lowest BCUT2D eigenvalue weighted by atomic mass is 9.95. The minimum atomic E-state index is 0.486. The van der Waals surface area contributed by atoms with Gasteiger partial charge in [0.1, 0.15) is 12.4 Å². The number of nitrogens with zero attached hydrogens (tertiary/aromatic N) is 5. The summed E-state index contributed by atoms with van der Waals surface area (Å²) >= 11 is 0. The predicted octanol–water partition coefficient (Wildman–Crippen LogP) is 2.83. The van der Waals surface area contributed by atoms with Crippen LogP contribution in [0.25, 0.3) is 0 Å². The molecule has 1 aliphatic carbocycles. The normalized spacial score (nSPS) is 16.1. The highest BCUT2D eigenvalue weighted by atomic mass is 16.5. The van der Waals surface area contributed by atoms with E-state index in [4.69, 9.17) is 14.8 Å². The molecule has 2 heterocycles. The summed E-state index contributed by atoms with van der Waals surface area (Å²) in [7, 11) is 1.72. The van der Waals surface area contributed by atoms with Gasteiger partial charge in [0.2, 0.25) is 0 Å². The summed E-state index contributed by atoms with van der Waals surface area (Å²) in [6, 6.07) is 2.59. The third-order valence-corrected chi connectivity index (χ3v) is 4.59. The molecule has 2 aromatic rings. The lowest BCUT2D eigenvalue weighted by Crippen LogP contribution is -2.19. The Balaban J connectivity index is 1.86. The number of aromatic nitrogens is 5. The molecule has 3 rings (SSSR count). The summed E-state index contributed by atoms with van der Waals surface area (Å²) in [5, 5.41) is 9.36. The summed E-state index contributed by atoms with van der Waals surface area (Å²) < 4.78 is 9.37. The highest BCUT2D eigenvalue weighted by Crippen LogP contribution is 2.28. The van der Waals surface area contributed by atoms with E-state index in [0.717, 1.165) is 23.8 Å². The molecule has 0 spiro atoms. The lowest BCUT2D eigenvalue weighted by Gasteiger charge is -2.23. The second-order valence-corrected chi connectivity index (χ2v) is 6.51. The third kappa shape index (κ3) is 3.80. The Hall–Kier alpha value is -1.69. The fraction of sp³-hybridized carbons (Fsp3) is 0.706. The Morgan fingerprint density at radius 2 is 1.96 bits per heavy atom. The van der Waals surface area contributed by atoms with E-state index < -0.39 is 0 Å². The molecule has 23 heavy (non-hydrogen) atoms. The van der Waals surface area contributed by atoms with Gasteiger partial charge in [-0.3, -0.25) is 4.68 Å². The SMILES string of the molecule is COCCc1nc(Cn2nc(C)cc2C)n(C2CCCCC2)n1. The fourth-order valence-corrected chi connectivity index (χ4v) is 3.40. The Morgan fingerprint density at radius 3 is 2.61 bits per heavy atom. The highest BCUT2D eigenvalue weighted by molar-refractivity contribution is 5.08. The van der Waals surface area contributed by atoms with Crippen molar-refractivity contribution in [2.75, 3.05) is 13.7 Å². The smallest absolute Gasteiger partial charge is 0.153 e. The van der Waals surface area contributed by atoms with Crippen molar-refractivity contribution in [2.24, 2.45) is 0 Å². The number of hydrogen-bond donors (Lipinski definition) is 0. The molecule has 0 aliphatic heterocycles. The van der Waals surface area contributed by atoms with E-state index in [1.54, 1.807) is 7.11 Å². The molecule has 0 saturated heterocycles. The zero-order valence-electron chi connectivity index (χ0n) is 14.5. The van der Waals surface area contributed by atoms with Crippen LogP contribution in [-0.2, 0) is 17.7 Å². The van der Waals surface area contributed by atoms with Gasteiger partial charge < -0.3 is 4.74 Å². The number of rotatable bonds is 6. The van der Waals surface area contributed by atoms with Crippen molar-refractivity contribution < 1.29 is 4.74 Å². The second kappa shape index (κ2) is 7.25. The van der Waals surface area contributed by atoms with Crippen molar-refractivity contribution >= 4 is 0 Å². The first-order chi connectivity index (χ1) is 11.2. The lowest BCUT2D eigenvalue weighted by molar-refractivity contribution is 0.200. The molecule has 0 radical (unpaired) electrons. The monoisotopic (exact) mass is 317 g/mol. The van der Waals surface area contributed by atoms with Crippen LogP contribution in [0.15, 0.2) is 6.07 Å². The van der Waals surface area contributed by atoms with Crippen molar-refractivity contribution in [3.8, 4) is 0 Å². The number of hydrogen-bond acceptors (Lipinski definition) is 4. The van der Waals surface area contributed by atoms with Gasteiger partial charge in [0.05, 0.1) is 18.3 Å². The Labute approximate surface area is 137 Å².